The molecule has 32 heavy (non-hydrogen) atoms. The van der Waals surface area contributed by atoms with Crippen LogP contribution >= 0.6 is 11.3 Å². The lowest BCUT2D eigenvalue weighted by atomic mass is 10.1. The van der Waals surface area contributed by atoms with E-state index in [-0.39, 0.29) is 4.21 Å². The number of anilines is 1. The molecule has 3 aromatic carbocycles. The summed E-state index contributed by atoms with van der Waals surface area (Å²) < 4.78 is 33.7. The molecule has 5 rings (SSSR count). The quantitative estimate of drug-likeness (QED) is 0.386. The van der Waals surface area contributed by atoms with Gasteiger partial charge in [0.25, 0.3) is 10.0 Å². The van der Waals surface area contributed by atoms with Crippen molar-refractivity contribution in [2.75, 3.05) is 4.72 Å². The predicted molar refractivity (Wildman–Crippen MR) is 127 cm³/mol. The monoisotopic (exact) mass is 462 g/mol. The van der Waals surface area contributed by atoms with Crippen LogP contribution in [0.15, 0.2) is 99.5 Å². The molecule has 1 aromatic heterocycles. The highest BCUT2D eigenvalue weighted by Gasteiger charge is 2.22. The molecule has 0 amide bonds. The van der Waals surface area contributed by atoms with Crippen molar-refractivity contribution in [1.82, 2.24) is 0 Å². The van der Waals surface area contributed by atoms with Crippen LogP contribution in [0.4, 0.5) is 17.1 Å². The second-order valence-electron chi connectivity index (χ2n) is 7.29. The Morgan fingerprint density at radius 1 is 0.906 bits per heavy atom. The number of thiophene rings is 1. The van der Waals surface area contributed by atoms with Crippen molar-refractivity contribution in [2.24, 2.45) is 4.99 Å². The number of aliphatic imine (C=N–C) groups is 1. The topological polar surface area (TPSA) is 84.4 Å². The maximum absolute atomic E-state index is 12.5. The first-order valence-electron chi connectivity index (χ1n) is 10.00. The van der Waals surface area contributed by atoms with Crippen molar-refractivity contribution < 1.29 is 18.5 Å². The van der Waals surface area contributed by atoms with E-state index < -0.39 is 10.0 Å². The van der Waals surface area contributed by atoms with Gasteiger partial charge in [-0.05, 0) is 53.4 Å². The smallest absolute Gasteiger partial charge is 0.271 e. The standard InChI is InChI=1S/C24H19N3O3S2/c28-32(29,24-7-4-14-31-24)27-18-10-13-21-22(16-18)26-23(25-21)15-17-8-11-20(12-9-17)30-19-5-2-1-3-6-19/h1-14,16,27H,15H2,(H,25,26)/p+1. The van der Waals surface area contributed by atoms with Gasteiger partial charge in [-0.15, -0.1) is 11.3 Å². The minimum absolute atomic E-state index is 0.286. The predicted octanol–water partition coefficient (Wildman–Crippen LogP) is 4.82. The molecule has 0 spiro atoms. The second-order valence-corrected chi connectivity index (χ2v) is 10.2. The number of amidine groups is 1. The van der Waals surface area contributed by atoms with E-state index in [2.05, 4.69) is 9.71 Å². The van der Waals surface area contributed by atoms with Gasteiger partial charge in [0, 0.05) is 6.07 Å². The molecule has 4 aromatic rings. The van der Waals surface area contributed by atoms with Gasteiger partial charge < -0.3 is 4.74 Å². The number of rotatable bonds is 7. The summed E-state index contributed by atoms with van der Waals surface area (Å²) in [6.07, 6.45) is 0.677. The molecular formula is C24H20N3O3S2+. The summed E-state index contributed by atoms with van der Waals surface area (Å²) in [5.41, 5.74) is 3.35. The molecule has 3 N–H and O–H groups in total. The van der Waals surface area contributed by atoms with Crippen LogP contribution in [0.25, 0.3) is 0 Å². The van der Waals surface area contributed by atoms with E-state index in [1.54, 1.807) is 29.6 Å². The molecule has 8 heteroatoms. The molecule has 0 aliphatic carbocycles. The Hall–Kier alpha value is -3.46. The molecule has 0 unspecified atom stereocenters. The van der Waals surface area contributed by atoms with Crippen LogP contribution in [-0.2, 0) is 16.4 Å². The molecule has 0 fully saturated rings. The van der Waals surface area contributed by atoms with E-state index in [4.69, 9.17) is 4.74 Å². The summed E-state index contributed by atoms with van der Waals surface area (Å²) in [6, 6.07) is 26.3. The Morgan fingerprint density at radius 3 is 2.44 bits per heavy atom. The van der Waals surface area contributed by atoms with Crippen LogP contribution in [-0.4, -0.2) is 14.3 Å². The first-order valence-corrected chi connectivity index (χ1v) is 12.4. The Morgan fingerprint density at radius 2 is 1.69 bits per heavy atom. The molecule has 0 bridgehead atoms. The largest absolute Gasteiger partial charge is 0.457 e. The minimum atomic E-state index is -3.58. The van der Waals surface area contributed by atoms with Gasteiger partial charge in [-0.1, -0.05) is 36.4 Å². The van der Waals surface area contributed by atoms with Crippen molar-refractivity contribution >= 4 is 44.3 Å². The molecule has 0 saturated carbocycles. The molecule has 160 valence electrons. The van der Waals surface area contributed by atoms with Crippen LogP contribution < -0.4 is 14.8 Å². The van der Waals surface area contributed by atoms with Crippen LogP contribution in [0, 0.1) is 0 Å². The molecule has 0 radical (unpaired) electrons. The van der Waals surface area contributed by atoms with E-state index in [0.29, 0.717) is 12.1 Å². The third kappa shape index (κ3) is 4.57. The van der Waals surface area contributed by atoms with E-state index in [9.17, 15) is 8.42 Å². The van der Waals surface area contributed by atoms with E-state index in [1.165, 1.54) is 11.3 Å². The highest BCUT2D eigenvalue weighted by molar-refractivity contribution is 7.94. The Balaban J connectivity index is 1.26. The van der Waals surface area contributed by atoms with Crippen LogP contribution in [0.3, 0.4) is 0 Å². The van der Waals surface area contributed by atoms with Crippen molar-refractivity contribution in [3.63, 3.8) is 0 Å². The van der Waals surface area contributed by atoms with Crippen LogP contribution in [0.2, 0.25) is 0 Å². The van der Waals surface area contributed by atoms with Gasteiger partial charge in [0.15, 0.2) is 5.69 Å². The number of hydrogen-bond donors (Lipinski definition) is 2. The average molecular weight is 463 g/mol. The molecule has 1 aliphatic rings. The molecule has 0 saturated heterocycles. The van der Waals surface area contributed by atoms with Crippen molar-refractivity contribution in [1.29, 1.82) is 0 Å². The number of fused-ring (bicyclic) bond motifs is 1. The zero-order valence-electron chi connectivity index (χ0n) is 16.9. The van der Waals surface area contributed by atoms with Gasteiger partial charge in [-0.2, -0.15) is 4.99 Å². The molecule has 2 heterocycles. The van der Waals surface area contributed by atoms with Crippen molar-refractivity contribution in [3.05, 3.63) is 95.9 Å². The lowest BCUT2D eigenvalue weighted by molar-refractivity contribution is -0.440. The average Bonchev–Trinajstić information content (AvgIpc) is 3.46. The third-order valence-corrected chi connectivity index (χ3v) is 7.70. The van der Waals surface area contributed by atoms with E-state index in [1.807, 2.05) is 66.0 Å². The van der Waals surface area contributed by atoms with Crippen LogP contribution in [0.1, 0.15) is 5.56 Å². The van der Waals surface area contributed by atoms with Gasteiger partial charge in [0.1, 0.15) is 21.4 Å². The Kier molecular flexibility index (Phi) is 5.48. The first kappa shape index (κ1) is 20.4. The number of quaternary nitrogens is 1. The number of benzene rings is 3. The number of hydrogen-bond acceptors (Lipinski definition) is 5. The van der Waals surface area contributed by atoms with E-state index in [0.717, 1.165) is 34.3 Å². The molecular weight excluding hydrogens is 442 g/mol. The van der Waals surface area contributed by atoms with Crippen molar-refractivity contribution in [2.45, 2.75) is 10.6 Å². The summed E-state index contributed by atoms with van der Waals surface area (Å²) in [5.74, 6) is 2.51. The summed E-state index contributed by atoms with van der Waals surface area (Å²) in [4.78, 5) is 4.69. The maximum atomic E-state index is 12.5. The van der Waals surface area contributed by atoms with Gasteiger partial charge in [-0.25, -0.2) is 8.42 Å². The summed E-state index contributed by atoms with van der Waals surface area (Å²) in [7, 11) is -3.58. The van der Waals surface area contributed by atoms with Crippen LogP contribution in [0.5, 0.6) is 11.5 Å². The lowest BCUT2D eigenvalue weighted by Gasteiger charge is -2.06. The summed E-state index contributed by atoms with van der Waals surface area (Å²) in [6.45, 7) is 0. The summed E-state index contributed by atoms with van der Waals surface area (Å²) >= 11 is 1.18. The van der Waals surface area contributed by atoms with Gasteiger partial charge in [-0.3, -0.25) is 10.0 Å². The highest BCUT2D eigenvalue weighted by Crippen LogP contribution is 2.30. The number of ether oxygens (including phenoxy) is 1. The van der Waals surface area contributed by atoms with Gasteiger partial charge >= 0.3 is 0 Å². The van der Waals surface area contributed by atoms with Gasteiger partial charge in [0.2, 0.25) is 5.84 Å². The Bertz CT molecular complexity index is 1370. The molecule has 1 aliphatic heterocycles. The zero-order valence-corrected chi connectivity index (χ0v) is 18.6. The maximum Gasteiger partial charge on any atom is 0.271 e. The summed E-state index contributed by atoms with van der Waals surface area (Å²) in [5, 5.41) is 3.77. The fraction of sp³-hybridized carbons (Fsp3) is 0.0417. The lowest BCUT2D eigenvalue weighted by Crippen LogP contribution is -2.81. The zero-order chi connectivity index (χ0) is 22.0. The normalized spacial score (nSPS) is 12.8. The van der Waals surface area contributed by atoms with Gasteiger partial charge in [0.05, 0.1) is 12.1 Å². The molecule has 6 nitrogen and oxygen atoms in total. The number of nitrogens with zero attached hydrogens (tertiary/aromatic N) is 1. The van der Waals surface area contributed by atoms with Crippen molar-refractivity contribution in [3.8, 4) is 11.5 Å². The first-order chi connectivity index (χ1) is 15.5. The fourth-order valence-corrected chi connectivity index (χ4v) is 5.46. The third-order valence-electron chi connectivity index (χ3n) is 4.92. The SMILES string of the molecule is O=S(=O)(Nc1ccc2c(c1)N=C(Cc1ccc(Oc3ccccc3)cc1)[NH2+]2)c1cccs1. The fourth-order valence-electron chi connectivity index (χ4n) is 3.41. The minimum Gasteiger partial charge on any atom is -0.457 e. The van der Waals surface area contributed by atoms with E-state index >= 15 is 0 Å². The number of nitrogens with one attached hydrogen (secondary N) is 1. The highest BCUT2D eigenvalue weighted by atomic mass is 32.2. The molecule has 0 atom stereocenters. The number of sulfonamides is 1. The number of nitrogens with two attached hydrogens (primary N) is 1. The number of para-hydroxylation sites is 1. The second kappa shape index (κ2) is 8.58. The Labute approximate surface area is 190 Å².